The predicted molar refractivity (Wildman–Crippen MR) is 106 cm³/mol. The van der Waals surface area contributed by atoms with E-state index in [1.54, 1.807) is 0 Å². The van der Waals surface area contributed by atoms with Gasteiger partial charge < -0.3 is 0 Å². The number of sulfonamides is 1. The molecule has 0 fully saturated rings. The Labute approximate surface area is 161 Å². The van der Waals surface area contributed by atoms with E-state index in [4.69, 9.17) is 0 Å². The molecule has 2 aromatic carbocycles. The average Bonchev–Trinajstić information content (AvgIpc) is 3.10. The highest BCUT2D eigenvalue weighted by atomic mass is 32.2. The average molecular weight is 403 g/mol. The second-order valence-corrected chi connectivity index (χ2v) is 8.80. The van der Waals surface area contributed by atoms with Crippen LogP contribution in [0.1, 0.15) is 5.56 Å². The van der Waals surface area contributed by atoms with Gasteiger partial charge in [-0.15, -0.1) is 10.2 Å². The number of aromatic nitrogens is 2. The fourth-order valence-electron chi connectivity index (χ4n) is 2.37. The summed E-state index contributed by atoms with van der Waals surface area (Å²) < 4.78 is 25.2. The van der Waals surface area contributed by atoms with Crippen molar-refractivity contribution in [2.45, 2.75) is 6.54 Å². The zero-order chi connectivity index (χ0) is 19.3. The van der Waals surface area contributed by atoms with E-state index in [2.05, 4.69) is 15.5 Å². The minimum atomic E-state index is -3.55. The number of hydrogen-bond acceptors (Lipinski definition) is 6. The van der Waals surface area contributed by atoms with E-state index < -0.39 is 15.9 Å². The second-order valence-electron chi connectivity index (χ2n) is 5.84. The fraction of sp³-hybridized carbons (Fsp3) is 0.167. The van der Waals surface area contributed by atoms with Crippen LogP contribution in [-0.2, 0) is 21.4 Å². The molecule has 7 nitrogen and oxygen atoms in total. The Morgan fingerprint density at radius 2 is 1.67 bits per heavy atom. The number of amides is 1. The summed E-state index contributed by atoms with van der Waals surface area (Å²) in [5.74, 6) is -0.466. The maximum Gasteiger partial charge on any atom is 0.241 e. The van der Waals surface area contributed by atoms with Crippen LogP contribution in [-0.4, -0.2) is 41.6 Å². The van der Waals surface area contributed by atoms with Crippen molar-refractivity contribution in [3.05, 3.63) is 66.2 Å². The molecular weight excluding hydrogens is 384 g/mol. The molecule has 3 aromatic rings. The molecule has 3 rings (SSSR count). The number of carbonyl (C=O) groups excluding carboxylic acids is 1. The van der Waals surface area contributed by atoms with Crippen LogP contribution in [0.15, 0.2) is 60.7 Å². The Morgan fingerprint density at radius 1 is 1.04 bits per heavy atom. The second kappa shape index (κ2) is 8.38. The first-order valence-electron chi connectivity index (χ1n) is 8.09. The molecule has 27 heavy (non-hydrogen) atoms. The number of anilines is 1. The summed E-state index contributed by atoms with van der Waals surface area (Å²) in [7, 11) is -3.55. The third kappa shape index (κ3) is 5.43. The van der Waals surface area contributed by atoms with Gasteiger partial charge in [-0.25, -0.2) is 8.42 Å². The molecule has 0 aliphatic heterocycles. The van der Waals surface area contributed by atoms with Crippen molar-refractivity contribution in [3.63, 3.8) is 0 Å². The standard InChI is InChI=1S/C18H18N4O3S2/c1-27(24,25)22(12-14-8-4-2-5-9-14)13-16(23)19-18-21-20-17(26-18)15-10-6-3-7-11-15/h2-11H,12-13H2,1H3,(H,19,21,23). The van der Waals surface area contributed by atoms with Gasteiger partial charge in [0, 0.05) is 12.1 Å². The molecule has 9 heteroatoms. The van der Waals surface area contributed by atoms with E-state index in [0.717, 1.165) is 21.7 Å². The van der Waals surface area contributed by atoms with E-state index in [-0.39, 0.29) is 13.1 Å². The van der Waals surface area contributed by atoms with Crippen LogP contribution >= 0.6 is 11.3 Å². The summed E-state index contributed by atoms with van der Waals surface area (Å²) in [4.78, 5) is 12.3. The van der Waals surface area contributed by atoms with Gasteiger partial charge in [-0.3, -0.25) is 10.1 Å². The molecule has 140 valence electrons. The summed E-state index contributed by atoms with van der Waals surface area (Å²) in [5.41, 5.74) is 1.70. The predicted octanol–water partition coefficient (Wildman–Crippen LogP) is 2.61. The number of nitrogens with one attached hydrogen (secondary N) is 1. The van der Waals surface area contributed by atoms with Gasteiger partial charge in [-0.2, -0.15) is 4.31 Å². The summed E-state index contributed by atoms with van der Waals surface area (Å²) in [6.07, 6.45) is 1.08. The van der Waals surface area contributed by atoms with Gasteiger partial charge in [0.05, 0.1) is 12.8 Å². The molecule has 0 saturated carbocycles. The van der Waals surface area contributed by atoms with Crippen molar-refractivity contribution in [1.29, 1.82) is 0 Å². The number of benzene rings is 2. The minimum absolute atomic E-state index is 0.123. The Balaban J connectivity index is 1.67. The van der Waals surface area contributed by atoms with Crippen molar-refractivity contribution >= 4 is 32.4 Å². The van der Waals surface area contributed by atoms with Gasteiger partial charge in [0.2, 0.25) is 21.1 Å². The zero-order valence-corrected chi connectivity index (χ0v) is 16.2. The molecule has 0 radical (unpaired) electrons. The van der Waals surface area contributed by atoms with E-state index in [9.17, 15) is 13.2 Å². The number of hydrogen-bond donors (Lipinski definition) is 1. The van der Waals surface area contributed by atoms with Gasteiger partial charge >= 0.3 is 0 Å². The van der Waals surface area contributed by atoms with Crippen LogP contribution in [0.25, 0.3) is 10.6 Å². The van der Waals surface area contributed by atoms with Gasteiger partial charge in [0.25, 0.3) is 0 Å². The van der Waals surface area contributed by atoms with Crippen LogP contribution in [0, 0.1) is 0 Å². The van der Waals surface area contributed by atoms with Crippen molar-refractivity contribution in [2.24, 2.45) is 0 Å². The van der Waals surface area contributed by atoms with Crippen LogP contribution in [0.5, 0.6) is 0 Å². The molecule has 0 aliphatic rings. The molecule has 1 N–H and O–H groups in total. The molecule has 0 unspecified atom stereocenters. The molecular formula is C18H18N4O3S2. The third-order valence-corrected chi connectivity index (χ3v) is 5.77. The highest BCUT2D eigenvalue weighted by Gasteiger charge is 2.21. The summed E-state index contributed by atoms with van der Waals surface area (Å²) in [5, 5.41) is 11.6. The Hall–Kier alpha value is -2.62. The van der Waals surface area contributed by atoms with Crippen molar-refractivity contribution in [3.8, 4) is 10.6 Å². The molecule has 1 aromatic heterocycles. The van der Waals surface area contributed by atoms with E-state index in [1.807, 2.05) is 60.7 Å². The molecule has 0 aliphatic carbocycles. The lowest BCUT2D eigenvalue weighted by Gasteiger charge is -2.19. The summed E-state index contributed by atoms with van der Waals surface area (Å²) >= 11 is 1.23. The first kappa shape index (κ1) is 19.2. The van der Waals surface area contributed by atoms with Crippen LogP contribution in [0.4, 0.5) is 5.13 Å². The van der Waals surface area contributed by atoms with Crippen LogP contribution in [0.2, 0.25) is 0 Å². The molecule has 0 spiro atoms. The van der Waals surface area contributed by atoms with Gasteiger partial charge in [-0.1, -0.05) is 72.0 Å². The third-order valence-electron chi connectivity index (χ3n) is 3.68. The lowest BCUT2D eigenvalue weighted by atomic mass is 10.2. The normalized spacial score (nSPS) is 11.5. The van der Waals surface area contributed by atoms with Crippen LogP contribution in [0.3, 0.4) is 0 Å². The maximum absolute atomic E-state index is 12.3. The van der Waals surface area contributed by atoms with E-state index in [1.165, 1.54) is 11.3 Å². The monoisotopic (exact) mass is 402 g/mol. The lowest BCUT2D eigenvalue weighted by Crippen LogP contribution is -2.36. The highest BCUT2D eigenvalue weighted by Crippen LogP contribution is 2.25. The summed E-state index contributed by atoms with van der Waals surface area (Å²) in [6, 6.07) is 18.6. The Bertz CT molecular complexity index is 1010. The number of rotatable bonds is 7. The molecule has 0 saturated heterocycles. The van der Waals surface area contributed by atoms with E-state index >= 15 is 0 Å². The largest absolute Gasteiger partial charge is 0.299 e. The maximum atomic E-state index is 12.3. The summed E-state index contributed by atoms with van der Waals surface area (Å²) in [6.45, 7) is -0.174. The number of nitrogens with zero attached hydrogens (tertiary/aromatic N) is 3. The number of carbonyl (C=O) groups is 1. The van der Waals surface area contributed by atoms with Gasteiger partial charge in [0.15, 0.2) is 0 Å². The SMILES string of the molecule is CS(=O)(=O)N(CC(=O)Nc1nnc(-c2ccccc2)s1)Cc1ccccc1. The lowest BCUT2D eigenvalue weighted by molar-refractivity contribution is -0.116. The molecule has 1 amide bonds. The van der Waals surface area contributed by atoms with Gasteiger partial charge in [0.1, 0.15) is 5.01 Å². The van der Waals surface area contributed by atoms with Crippen molar-refractivity contribution in [2.75, 3.05) is 18.1 Å². The Morgan fingerprint density at radius 3 is 2.30 bits per heavy atom. The van der Waals surface area contributed by atoms with Crippen molar-refractivity contribution in [1.82, 2.24) is 14.5 Å². The molecule has 0 bridgehead atoms. The molecule has 1 heterocycles. The Kier molecular flexibility index (Phi) is 5.94. The highest BCUT2D eigenvalue weighted by molar-refractivity contribution is 7.88. The van der Waals surface area contributed by atoms with E-state index in [0.29, 0.717) is 10.1 Å². The smallest absolute Gasteiger partial charge is 0.241 e. The fourth-order valence-corrected chi connectivity index (χ4v) is 3.87. The minimum Gasteiger partial charge on any atom is -0.299 e. The van der Waals surface area contributed by atoms with Crippen molar-refractivity contribution < 1.29 is 13.2 Å². The first-order valence-corrected chi connectivity index (χ1v) is 10.8. The van der Waals surface area contributed by atoms with Crippen LogP contribution < -0.4 is 5.32 Å². The molecule has 0 atom stereocenters. The topological polar surface area (TPSA) is 92.3 Å². The first-order chi connectivity index (χ1) is 12.9. The quantitative estimate of drug-likeness (QED) is 0.656. The van der Waals surface area contributed by atoms with Gasteiger partial charge in [-0.05, 0) is 5.56 Å². The zero-order valence-electron chi connectivity index (χ0n) is 14.6.